The van der Waals surface area contributed by atoms with E-state index < -0.39 is 0 Å². The predicted octanol–water partition coefficient (Wildman–Crippen LogP) is 2.88. The Balaban J connectivity index is 1.98. The van der Waals surface area contributed by atoms with Gasteiger partial charge < -0.3 is 9.05 Å². The second-order valence-electron chi connectivity index (χ2n) is 7.92. The van der Waals surface area contributed by atoms with Gasteiger partial charge in [-0.15, -0.1) is 0 Å². The summed E-state index contributed by atoms with van der Waals surface area (Å²) in [7, 11) is 0. The van der Waals surface area contributed by atoms with Crippen molar-refractivity contribution in [1.29, 1.82) is 5.26 Å². The van der Waals surface area contributed by atoms with Gasteiger partial charge in [0, 0.05) is 12.3 Å². The Kier molecular flexibility index (Phi) is 4.66. The summed E-state index contributed by atoms with van der Waals surface area (Å²) in [6.45, 7) is 10.7. The first-order valence-corrected chi connectivity index (χ1v) is 8.94. The summed E-state index contributed by atoms with van der Waals surface area (Å²) in [4.78, 5) is 16.8. The number of piperidine rings is 1. The van der Waals surface area contributed by atoms with Crippen molar-refractivity contribution in [3.63, 3.8) is 0 Å². The van der Waals surface area contributed by atoms with Gasteiger partial charge in [0.15, 0.2) is 0 Å². The molecule has 1 saturated heterocycles. The number of rotatable bonds is 3. The first kappa shape index (κ1) is 17.6. The lowest BCUT2D eigenvalue weighted by Crippen LogP contribution is -2.63. The van der Waals surface area contributed by atoms with Crippen molar-refractivity contribution in [2.75, 3.05) is 19.6 Å². The Hall–Kier alpha value is -2.19. The van der Waals surface area contributed by atoms with E-state index in [0.29, 0.717) is 12.1 Å². The molecule has 0 N–H and O–H groups in total. The van der Waals surface area contributed by atoms with Crippen LogP contribution in [0, 0.1) is 17.8 Å². The number of hydrogen-bond acceptors (Lipinski definition) is 3. The van der Waals surface area contributed by atoms with Crippen molar-refractivity contribution in [1.82, 2.24) is 9.55 Å². The third kappa shape index (κ3) is 3.32. The lowest BCUT2D eigenvalue weighted by atomic mass is 9.95. The number of quaternary nitrogens is 1. The summed E-state index contributed by atoms with van der Waals surface area (Å²) >= 11 is 0. The third-order valence-corrected chi connectivity index (χ3v) is 5.66. The predicted molar refractivity (Wildman–Crippen MR) is 98.9 cm³/mol. The quantitative estimate of drug-likeness (QED) is 0.809. The van der Waals surface area contributed by atoms with Crippen LogP contribution in [0.25, 0.3) is 11.0 Å². The van der Waals surface area contributed by atoms with E-state index in [-0.39, 0.29) is 11.1 Å². The van der Waals surface area contributed by atoms with Crippen molar-refractivity contribution >= 4 is 11.0 Å². The maximum atomic E-state index is 12.5. The zero-order valence-corrected chi connectivity index (χ0v) is 15.3. The number of hydrogen-bond donors (Lipinski definition) is 0. The second kappa shape index (κ2) is 6.61. The van der Waals surface area contributed by atoms with E-state index in [1.807, 2.05) is 0 Å². The molecule has 0 unspecified atom stereocenters. The van der Waals surface area contributed by atoms with Crippen LogP contribution in [0.4, 0.5) is 0 Å². The Morgan fingerprint density at radius 1 is 1.28 bits per heavy atom. The highest BCUT2D eigenvalue weighted by Crippen LogP contribution is 2.30. The standard InChI is InChI=1S/C20H26N4O/c1-20(2,3)24(10-5-4-6-11-24)12-9-23-18-13-16(14-21)15-22-17(18)7-8-19(23)25/h4,7-8,13,15H,5-6,9-12H2,1-3H3/q+1. The highest BCUT2D eigenvalue weighted by Gasteiger charge is 2.40. The van der Waals surface area contributed by atoms with Crippen LogP contribution in [-0.2, 0) is 6.54 Å². The number of fused-ring (bicyclic) bond motifs is 1. The number of aromatic nitrogens is 2. The average Bonchev–Trinajstić information content (AvgIpc) is 2.60. The van der Waals surface area contributed by atoms with E-state index in [1.165, 1.54) is 0 Å². The van der Waals surface area contributed by atoms with Crippen molar-refractivity contribution < 1.29 is 4.48 Å². The molecule has 1 aliphatic heterocycles. The molecule has 0 atom stereocenters. The van der Waals surface area contributed by atoms with E-state index in [0.717, 1.165) is 48.0 Å². The minimum atomic E-state index is -0.0278. The molecule has 2 aromatic rings. The minimum Gasteiger partial charge on any atom is -0.318 e. The fourth-order valence-electron chi connectivity index (χ4n) is 3.91. The molecule has 0 bridgehead atoms. The zero-order chi connectivity index (χ0) is 18.1. The molecule has 0 aromatic carbocycles. The average molecular weight is 338 g/mol. The Labute approximate surface area is 149 Å². The maximum absolute atomic E-state index is 12.5. The van der Waals surface area contributed by atoms with Crippen molar-refractivity contribution in [3.05, 3.63) is 46.7 Å². The molecule has 0 spiro atoms. The highest BCUT2D eigenvalue weighted by molar-refractivity contribution is 5.75. The van der Waals surface area contributed by atoms with Crippen molar-refractivity contribution in [2.24, 2.45) is 0 Å². The fraction of sp³-hybridized carbons (Fsp3) is 0.500. The van der Waals surface area contributed by atoms with Gasteiger partial charge >= 0.3 is 0 Å². The lowest BCUT2D eigenvalue weighted by Gasteiger charge is -2.51. The molecule has 0 amide bonds. The minimum absolute atomic E-state index is 0.0278. The van der Waals surface area contributed by atoms with Crippen LogP contribution in [0.15, 0.2) is 29.2 Å². The zero-order valence-electron chi connectivity index (χ0n) is 15.3. The van der Waals surface area contributed by atoms with Gasteiger partial charge in [0.05, 0.1) is 48.3 Å². The van der Waals surface area contributed by atoms with Crippen LogP contribution in [-0.4, -0.2) is 39.2 Å². The van der Waals surface area contributed by atoms with Gasteiger partial charge in [0.1, 0.15) is 6.07 Å². The molecule has 0 saturated carbocycles. The normalized spacial score (nSPS) is 17.4. The maximum Gasteiger partial charge on any atom is 0.251 e. The molecular weight excluding hydrogens is 312 g/mol. The summed E-state index contributed by atoms with van der Waals surface area (Å²) in [5.41, 5.74) is 2.10. The Bertz CT molecular complexity index is 864. The summed E-state index contributed by atoms with van der Waals surface area (Å²) in [5.74, 6) is 0. The topological polar surface area (TPSA) is 58.7 Å². The largest absolute Gasteiger partial charge is 0.318 e. The molecule has 5 nitrogen and oxygen atoms in total. The molecule has 1 fully saturated rings. The summed E-state index contributed by atoms with van der Waals surface area (Å²) < 4.78 is 2.80. The molecule has 131 valence electrons. The molecule has 0 aliphatic carbocycles. The third-order valence-electron chi connectivity index (χ3n) is 5.66. The van der Waals surface area contributed by atoms with E-state index in [1.54, 1.807) is 29.0 Å². The van der Waals surface area contributed by atoms with Crippen LogP contribution in [0.2, 0.25) is 0 Å². The monoisotopic (exact) mass is 338 g/mol. The van der Waals surface area contributed by atoms with E-state index in [9.17, 15) is 4.79 Å². The van der Waals surface area contributed by atoms with E-state index in [4.69, 9.17) is 5.26 Å². The van der Waals surface area contributed by atoms with Gasteiger partial charge in [-0.2, -0.15) is 5.26 Å². The fourth-order valence-corrected chi connectivity index (χ4v) is 3.91. The van der Waals surface area contributed by atoms with Gasteiger partial charge in [-0.3, -0.25) is 9.78 Å². The Morgan fingerprint density at radius 2 is 2.00 bits per heavy atom. The van der Waals surface area contributed by atoms with Gasteiger partial charge in [0.25, 0.3) is 5.56 Å². The number of nitrogens with zero attached hydrogens (tertiary/aromatic N) is 4. The second-order valence-corrected chi connectivity index (χ2v) is 7.92. The van der Waals surface area contributed by atoms with Gasteiger partial charge in [0.2, 0.25) is 0 Å². The molecule has 1 radical (unpaired) electrons. The molecule has 5 heteroatoms. The molecule has 2 aromatic heterocycles. The summed E-state index contributed by atoms with van der Waals surface area (Å²) in [5, 5.41) is 9.15. The van der Waals surface area contributed by atoms with Crippen LogP contribution >= 0.6 is 0 Å². The van der Waals surface area contributed by atoms with Crippen LogP contribution in [0.3, 0.4) is 0 Å². The summed E-state index contributed by atoms with van der Waals surface area (Å²) in [6, 6.07) is 7.20. The molecule has 3 rings (SSSR count). The van der Waals surface area contributed by atoms with Gasteiger partial charge in [-0.25, -0.2) is 0 Å². The number of pyridine rings is 2. The first-order valence-electron chi connectivity index (χ1n) is 8.94. The molecule has 1 aliphatic rings. The van der Waals surface area contributed by atoms with Gasteiger partial charge in [-0.05, 0) is 52.2 Å². The molecule has 25 heavy (non-hydrogen) atoms. The van der Waals surface area contributed by atoms with Gasteiger partial charge in [-0.1, -0.05) is 0 Å². The molecular formula is C20H26N4O+. The Morgan fingerprint density at radius 3 is 2.64 bits per heavy atom. The smallest absolute Gasteiger partial charge is 0.251 e. The highest BCUT2D eigenvalue weighted by atomic mass is 16.1. The van der Waals surface area contributed by atoms with Crippen molar-refractivity contribution in [3.8, 4) is 6.07 Å². The van der Waals surface area contributed by atoms with E-state index >= 15 is 0 Å². The number of likely N-dealkylation sites (tertiary alicyclic amines) is 1. The van der Waals surface area contributed by atoms with Crippen LogP contribution < -0.4 is 5.56 Å². The van der Waals surface area contributed by atoms with Crippen LogP contribution in [0.1, 0.15) is 39.2 Å². The first-order chi connectivity index (χ1) is 11.9. The van der Waals surface area contributed by atoms with E-state index in [2.05, 4.69) is 38.2 Å². The SMILES string of the molecule is CC(C)(C)[N+]1(CCn2c(=O)ccc3ncc(C#N)cc32)CC[CH]CC1. The summed E-state index contributed by atoms with van der Waals surface area (Å²) in [6.07, 6.45) is 6.18. The molecule has 3 heterocycles. The number of nitriles is 1. The van der Waals surface area contributed by atoms with Crippen LogP contribution in [0.5, 0.6) is 0 Å². The van der Waals surface area contributed by atoms with Crippen molar-refractivity contribution in [2.45, 2.75) is 45.7 Å². The lowest BCUT2D eigenvalue weighted by molar-refractivity contribution is -0.973.